The van der Waals surface area contributed by atoms with Gasteiger partial charge in [0.15, 0.2) is 0 Å². The van der Waals surface area contributed by atoms with Crippen LogP contribution >= 0.6 is 0 Å². The largest absolute Gasteiger partial charge is 0.254 e. The molecule has 0 saturated heterocycles. The van der Waals surface area contributed by atoms with Gasteiger partial charge in [-0.15, -0.1) is 5.10 Å². The molecule has 0 saturated carbocycles. The number of rotatable bonds is 6. The lowest BCUT2D eigenvalue weighted by atomic mass is 9.99. The van der Waals surface area contributed by atoms with Crippen LogP contribution in [-0.2, 0) is 10.8 Å². The van der Waals surface area contributed by atoms with Crippen LogP contribution in [0.4, 0.5) is 0 Å². The molecule has 5 aromatic rings. The van der Waals surface area contributed by atoms with Crippen LogP contribution in [0.3, 0.4) is 0 Å². The Balaban J connectivity index is 1.78. The topological polar surface area (TPSA) is 47.8 Å². The normalized spacial score (nSPS) is 13.0. The van der Waals surface area contributed by atoms with Crippen molar-refractivity contribution in [3.05, 3.63) is 126 Å². The van der Waals surface area contributed by atoms with Gasteiger partial charge in [-0.1, -0.05) is 95.7 Å². The van der Waals surface area contributed by atoms with Crippen molar-refractivity contribution < 1.29 is 4.21 Å². The third kappa shape index (κ3) is 4.41. The van der Waals surface area contributed by atoms with Crippen LogP contribution in [0.15, 0.2) is 114 Å². The Morgan fingerprint density at radius 2 is 1.39 bits per heavy atom. The second-order valence-corrected chi connectivity index (χ2v) is 9.30. The summed E-state index contributed by atoms with van der Waals surface area (Å²) in [5, 5.41) is 8.92. The minimum absolute atomic E-state index is 0.353. The molecular formula is C28H23N3OS. The van der Waals surface area contributed by atoms with E-state index in [0.717, 1.165) is 38.3 Å². The van der Waals surface area contributed by atoms with E-state index in [2.05, 4.69) is 53.6 Å². The van der Waals surface area contributed by atoms with Crippen molar-refractivity contribution >= 4 is 33.1 Å². The number of aromatic nitrogens is 3. The molecule has 0 bridgehead atoms. The van der Waals surface area contributed by atoms with E-state index in [9.17, 15) is 4.21 Å². The molecule has 0 aliphatic rings. The third-order valence-electron chi connectivity index (χ3n) is 5.58. The Labute approximate surface area is 195 Å². The highest BCUT2D eigenvalue weighted by atomic mass is 32.2. The van der Waals surface area contributed by atoms with Crippen molar-refractivity contribution in [3.63, 3.8) is 0 Å². The van der Waals surface area contributed by atoms with Gasteiger partial charge in [-0.25, -0.2) is 4.68 Å². The molecule has 33 heavy (non-hydrogen) atoms. The Bertz CT molecular complexity index is 1440. The van der Waals surface area contributed by atoms with Crippen molar-refractivity contribution in [1.29, 1.82) is 0 Å². The molecule has 4 nitrogen and oxygen atoms in total. The zero-order valence-corrected chi connectivity index (χ0v) is 19.1. The summed E-state index contributed by atoms with van der Waals surface area (Å²) in [6, 6.07) is 36.0. The van der Waals surface area contributed by atoms with Crippen LogP contribution in [-0.4, -0.2) is 25.0 Å². The molecule has 1 atom stereocenters. The first kappa shape index (κ1) is 21.0. The molecule has 0 N–H and O–H groups in total. The highest BCUT2D eigenvalue weighted by Crippen LogP contribution is 2.31. The summed E-state index contributed by atoms with van der Waals surface area (Å²) in [5.74, 6) is 0.353. The van der Waals surface area contributed by atoms with E-state index in [1.54, 1.807) is 0 Å². The molecule has 0 radical (unpaired) electrons. The Hall–Kier alpha value is -3.83. The number of aryl methyl sites for hydroxylation is 1. The van der Waals surface area contributed by atoms with Crippen LogP contribution in [0.1, 0.15) is 16.7 Å². The van der Waals surface area contributed by atoms with Gasteiger partial charge in [0.05, 0.1) is 27.8 Å². The fourth-order valence-corrected chi connectivity index (χ4v) is 5.08. The molecule has 1 aromatic heterocycles. The first-order chi connectivity index (χ1) is 16.2. The molecule has 1 unspecified atom stereocenters. The van der Waals surface area contributed by atoms with Gasteiger partial charge in [0.2, 0.25) is 0 Å². The van der Waals surface area contributed by atoms with Gasteiger partial charge in [0.1, 0.15) is 5.52 Å². The lowest BCUT2D eigenvalue weighted by Crippen LogP contribution is -2.10. The van der Waals surface area contributed by atoms with Gasteiger partial charge in [0, 0.05) is 10.5 Å². The second kappa shape index (κ2) is 9.35. The summed E-state index contributed by atoms with van der Waals surface area (Å²) in [6.07, 6.45) is 0. The quantitative estimate of drug-likeness (QED) is 0.300. The number of hydrogen-bond donors (Lipinski definition) is 0. The monoisotopic (exact) mass is 449 g/mol. The molecule has 0 aliphatic carbocycles. The minimum Gasteiger partial charge on any atom is -0.254 e. The minimum atomic E-state index is -1.23. The molecule has 162 valence electrons. The number of hydrogen-bond acceptors (Lipinski definition) is 3. The molecule has 0 amide bonds. The molecule has 0 aliphatic heterocycles. The SMILES string of the molecule is Cc1ccc(/C(CS(=O)c2ccccc2)=C(\c2ccccc2)n2nnc3ccccc32)cc1. The van der Waals surface area contributed by atoms with Gasteiger partial charge >= 0.3 is 0 Å². The molecule has 5 heteroatoms. The Morgan fingerprint density at radius 3 is 2.12 bits per heavy atom. The van der Waals surface area contributed by atoms with Crippen LogP contribution in [0.5, 0.6) is 0 Å². The summed E-state index contributed by atoms with van der Waals surface area (Å²) < 4.78 is 15.4. The van der Waals surface area contributed by atoms with Crippen LogP contribution in [0, 0.1) is 6.92 Å². The van der Waals surface area contributed by atoms with E-state index < -0.39 is 10.8 Å². The van der Waals surface area contributed by atoms with Gasteiger partial charge < -0.3 is 0 Å². The first-order valence-corrected chi connectivity index (χ1v) is 12.1. The number of fused-ring (bicyclic) bond motifs is 1. The lowest BCUT2D eigenvalue weighted by molar-refractivity contribution is 0.685. The van der Waals surface area contributed by atoms with E-state index in [1.807, 2.05) is 77.5 Å². The maximum absolute atomic E-state index is 13.5. The Kier molecular flexibility index (Phi) is 5.96. The fraction of sp³-hybridized carbons (Fsp3) is 0.0714. The predicted molar refractivity (Wildman–Crippen MR) is 135 cm³/mol. The van der Waals surface area contributed by atoms with Gasteiger partial charge in [-0.05, 0) is 42.3 Å². The fourth-order valence-electron chi connectivity index (χ4n) is 3.88. The van der Waals surface area contributed by atoms with Crippen LogP contribution in [0.2, 0.25) is 0 Å². The highest BCUT2D eigenvalue weighted by Gasteiger charge is 2.20. The zero-order valence-electron chi connectivity index (χ0n) is 18.3. The highest BCUT2D eigenvalue weighted by molar-refractivity contribution is 7.85. The predicted octanol–water partition coefficient (Wildman–Crippen LogP) is 5.96. The van der Waals surface area contributed by atoms with Crippen molar-refractivity contribution in [2.75, 3.05) is 5.75 Å². The van der Waals surface area contributed by atoms with Crippen molar-refractivity contribution in [1.82, 2.24) is 15.0 Å². The summed E-state index contributed by atoms with van der Waals surface area (Å²) in [5.41, 5.74) is 6.76. The van der Waals surface area contributed by atoms with Crippen LogP contribution < -0.4 is 0 Å². The smallest absolute Gasteiger partial charge is 0.113 e. The first-order valence-electron chi connectivity index (χ1n) is 10.8. The maximum atomic E-state index is 13.5. The van der Waals surface area contributed by atoms with E-state index in [4.69, 9.17) is 0 Å². The van der Waals surface area contributed by atoms with Crippen LogP contribution in [0.25, 0.3) is 22.3 Å². The van der Waals surface area contributed by atoms with Gasteiger partial charge in [0.25, 0.3) is 0 Å². The van der Waals surface area contributed by atoms with E-state index in [0.29, 0.717) is 5.75 Å². The molecule has 0 fully saturated rings. The Morgan fingerprint density at radius 1 is 0.758 bits per heavy atom. The van der Waals surface area contributed by atoms with Gasteiger partial charge in [-0.2, -0.15) is 0 Å². The standard InChI is InChI=1S/C28H23N3OS/c1-21-16-18-22(19-17-21)25(20-33(32)24-12-6-3-7-13-24)28(23-10-4-2-5-11-23)31-27-15-9-8-14-26(27)29-30-31/h2-19H,20H2,1H3/b28-25+. The molecule has 5 rings (SSSR count). The zero-order chi connectivity index (χ0) is 22.6. The van der Waals surface area contributed by atoms with Gasteiger partial charge in [-0.3, -0.25) is 4.21 Å². The average Bonchev–Trinajstić information content (AvgIpc) is 3.29. The second-order valence-electron chi connectivity index (χ2n) is 7.85. The summed E-state index contributed by atoms with van der Waals surface area (Å²) in [4.78, 5) is 0.804. The number of para-hydroxylation sites is 1. The molecule has 0 spiro atoms. The van der Waals surface area contributed by atoms with Crippen molar-refractivity contribution in [2.45, 2.75) is 11.8 Å². The number of benzene rings is 4. The maximum Gasteiger partial charge on any atom is 0.113 e. The number of nitrogens with zero attached hydrogens (tertiary/aromatic N) is 3. The molecular weight excluding hydrogens is 426 g/mol. The van der Waals surface area contributed by atoms with E-state index in [1.165, 1.54) is 5.56 Å². The van der Waals surface area contributed by atoms with E-state index >= 15 is 0 Å². The third-order valence-corrected chi connectivity index (χ3v) is 6.93. The average molecular weight is 450 g/mol. The molecule has 1 heterocycles. The summed E-state index contributed by atoms with van der Waals surface area (Å²) in [6.45, 7) is 2.07. The van der Waals surface area contributed by atoms with Crippen molar-refractivity contribution in [2.24, 2.45) is 0 Å². The summed E-state index contributed by atoms with van der Waals surface area (Å²) in [7, 11) is -1.23. The lowest BCUT2D eigenvalue weighted by Gasteiger charge is -2.17. The van der Waals surface area contributed by atoms with Crippen molar-refractivity contribution in [3.8, 4) is 0 Å². The molecule has 4 aromatic carbocycles. The summed E-state index contributed by atoms with van der Waals surface area (Å²) >= 11 is 0. The van der Waals surface area contributed by atoms with E-state index in [-0.39, 0.29) is 0 Å².